The second-order valence-electron chi connectivity index (χ2n) is 6.44. The fourth-order valence-corrected chi connectivity index (χ4v) is 3.73. The summed E-state index contributed by atoms with van der Waals surface area (Å²) in [7, 11) is 0. The maximum atomic E-state index is 12.0. The average molecular weight is 435 g/mol. The quantitative estimate of drug-likeness (QED) is 0.422. The van der Waals surface area contributed by atoms with E-state index in [2.05, 4.69) is 20.5 Å². The molecule has 3 aromatic rings. The monoisotopic (exact) mass is 435 g/mol. The molecular weight excluding hydrogens is 418 g/mol. The van der Waals surface area contributed by atoms with Gasteiger partial charge in [-0.05, 0) is 37.3 Å². The number of rotatable bonds is 7. The predicted octanol–water partition coefficient (Wildman–Crippen LogP) is 4.36. The fraction of sp³-hybridized carbons (Fsp3) is 0.0952. The van der Waals surface area contributed by atoms with Gasteiger partial charge in [-0.15, -0.1) is 5.10 Å². The predicted molar refractivity (Wildman–Crippen MR) is 122 cm³/mol. The van der Waals surface area contributed by atoms with Crippen molar-refractivity contribution in [2.75, 3.05) is 11.9 Å². The molecule has 2 N–H and O–H groups in total. The van der Waals surface area contributed by atoms with Gasteiger partial charge in [-0.1, -0.05) is 23.5 Å². The first-order chi connectivity index (χ1) is 15.0. The van der Waals surface area contributed by atoms with E-state index < -0.39 is 4.92 Å². The lowest BCUT2D eigenvalue weighted by Gasteiger charge is -2.08. The molecule has 9 nitrogen and oxygen atoms in total. The highest BCUT2D eigenvalue weighted by atomic mass is 32.1. The Morgan fingerprint density at radius 1 is 1.26 bits per heavy atom. The van der Waals surface area contributed by atoms with Crippen LogP contribution in [0.5, 0.6) is 5.75 Å². The van der Waals surface area contributed by atoms with E-state index in [0.717, 1.165) is 22.8 Å². The number of aromatic amines is 1. The Hall–Kier alpha value is -4.05. The van der Waals surface area contributed by atoms with E-state index in [1.54, 1.807) is 24.4 Å². The van der Waals surface area contributed by atoms with E-state index in [1.165, 1.54) is 12.1 Å². The Kier molecular flexibility index (Phi) is 5.72. The molecule has 0 radical (unpaired) electrons. The van der Waals surface area contributed by atoms with Gasteiger partial charge in [0.1, 0.15) is 17.3 Å². The number of aromatic nitrogens is 1. The van der Waals surface area contributed by atoms with Gasteiger partial charge in [-0.25, -0.2) is 0 Å². The fourth-order valence-electron chi connectivity index (χ4n) is 2.99. The summed E-state index contributed by atoms with van der Waals surface area (Å²) in [6.45, 7) is 2.50. The molecule has 1 aliphatic heterocycles. The zero-order chi connectivity index (χ0) is 21.8. The van der Waals surface area contributed by atoms with Gasteiger partial charge in [0.15, 0.2) is 0 Å². The summed E-state index contributed by atoms with van der Waals surface area (Å²) in [5.41, 5.74) is 2.46. The highest BCUT2D eigenvalue weighted by Crippen LogP contribution is 2.27. The number of ether oxygens (including phenoxy) is 1. The molecule has 2 heterocycles. The number of nitro groups is 1. The molecule has 31 heavy (non-hydrogen) atoms. The van der Waals surface area contributed by atoms with E-state index >= 15 is 0 Å². The lowest BCUT2D eigenvalue weighted by Crippen LogP contribution is -2.03. The van der Waals surface area contributed by atoms with Gasteiger partial charge in [0.05, 0.1) is 22.6 Å². The number of hydrogen-bond donors (Lipinski definition) is 2. The Balaban J connectivity index is 1.62. The third kappa shape index (κ3) is 4.59. The summed E-state index contributed by atoms with van der Waals surface area (Å²) in [5.74, 6) is 1.29. The van der Waals surface area contributed by atoms with Gasteiger partial charge in [0, 0.05) is 29.0 Å². The van der Waals surface area contributed by atoms with Crippen LogP contribution in [0.4, 0.5) is 17.2 Å². The third-order valence-electron chi connectivity index (χ3n) is 4.36. The largest absolute Gasteiger partial charge is 0.494 e. The van der Waals surface area contributed by atoms with Crippen molar-refractivity contribution in [1.29, 1.82) is 0 Å². The minimum atomic E-state index is -0.458. The minimum absolute atomic E-state index is 0.0318. The zero-order valence-corrected chi connectivity index (χ0v) is 17.2. The molecule has 1 aliphatic rings. The van der Waals surface area contributed by atoms with Gasteiger partial charge in [0.2, 0.25) is 0 Å². The van der Waals surface area contributed by atoms with E-state index in [-0.39, 0.29) is 10.6 Å². The lowest BCUT2D eigenvalue weighted by atomic mass is 10.0. The van der Waals surface area contributed by atoms with Crippen LogP contribution in [0.15, 0.2) is 69.1 Å². The van der Waals surface area contributed by atoms with Crippen LogP contribution >= 0.6 is 11.3 Å². The first-order valence-corrected chi connectivity index (χ1v) is 10.2. The molecule has 0 saturated heterocycles. The average Bonchev–Trinajstić information content (AvgIpc) is 3.36. The second kappa shape index (κ2) is 8.76. The Morgan fingerprint density at radius 3 is 2.81 bits per heavy atom. The van der Waals surface area contributed by atoms with Gasteiger partial charge >= 0.3 is 4.87 Å². The molecule has 2 aromatic carbocycles. The van der Waals surface area contributed by atoms with Gasteiger partial charge in [-0.2, -0.15) is 5.10 Å². The molecule has 0 fully saturated rings. The van der Waals surface area contributed by atoms with Gasteiger partial charge in [-0.3, -0.25) is 19.9 Å². The van der Waals surface area contributed by atoms with Crippen molar-refractivity contribution in [2.24, 2.45) is 10.2 Å². The molecule has 156 valence electrons. The molecule has 0 bridgehead atoms. The van der Waals surface area contributed by atoms with E-state index in [1.807, 2.05) is 31.2 Å². The molecule has 0 unspecified atom stereocenters. The number of hydrogen-bond acceptors (Lipinski definition) is 8. The molecule has 10 heteroatoms. The number of allylic oxidation sites excluding steroid dienone is 1. The van der Waals surface area contributed by atoms with Crippen molar-refractivity contribution in [3.63, 3.8) is 0 Å². The topological polar surface area (TPSA) is 122 Å². The maximum absolute atomic E-state index is 12.0. The van der Waals surface area contributed by atoms with Crippen LogP contribution in [0.1, 0.15) is 17.4 Å². The number of H-pyrrole nitrogens is 1. The number of thiazole rings is 1. The number of nitro benzene ring substituents is 1. The van der Waals surface area contributed by atoms with Crippen molar-refractivity contribution in [3.05, 3.63) is 84.3 Å². The molecule has 4 rings (SSSR count). The molecule has 1 aromatic heterocycles. The summed E-state index contributed by atoms with van der Waals surface area (Å²) in [6.07, 6.45) is 3.33. The van der Waals surface area contributed by atoms with Crippen LogP contribution in [0, 0.1) is 10.1 Å². The lowest BCUT2D eigenvalue weighted by molar-refractivity contribution is -0.384. The molecule has 0 atom stereocenters. The first-order valence-electron chi connectivity index (χ1n) is 9.34. The molecule has 0 saturated carbocycles. The summed E-state index contributed by atoms with van der Waals surface area (Å²) in [5, 5.41) is 22.3. The van der Waals surface area contributed by atoms with Crippen molar-refractivity contribution in [2.45, 2.75) is 6.92 Å². The number of non-ortho nitro benzene ring substituents is 1. The van der Waals surface area contributed by atoms with Crippen molar-refractivity contribution in [1.82, 2.24) is 4.98 Å². The molecular formula is C21H17N5O4S. The molecule has 0 amide bonds. The zero-order valence-electron chi connectivity index (χ0n) is 16.4. The van der Waals surface area contributed by atoms with E-state index in [9.17, 15) is 14.9 Å². The number of nitrogens with one attached hydrogen (secondary N) is 2. The minimum Gasteiger partial charge on any atom is -0.494 e. The normalized spacial score (nSPS) is 14.0. The van der Waals surface area contributed by atoms with Crippen LogP contribution in [0.2, 0.25) is 0 Å². The van der Waals surface area contributed by atoms with Crippen LogP contribution in [-0.2, 0) is 0 Å². The maximum Gasteiger partial charge on any atom is 0.306 e. The summed E-state index contributed by atoms with van der Waals surface area (Å²) in [6, 6.07) is 13.6. The summed E-state index contributed by atoms with van der Waals surface area (Å²) >= 11 is 1.04. The van der Waals surface area contributed by atoms with Crippen molar-refractivity contribution >= 4 is 46.5 Å². The second-order valence-corrected chi connectivity index (χ2v) is 7.45. The highest BCUT2D eigenvalue weighted by molar-refractivity contribution is 7.10. The van der Waals surface area contributed by atoms with Crippen molar-refractivity contribution < 1.29 is 9.66 Å². The van der Waals surface area contributed by atoms with E-state index in [0.29, 0.717) is 34.2 Å². The SMILES string of the molecule is CCOc1ccc(Nc2[nH]c(=O)sc2/C=C2\C=NN=C2c2cccc([N+](=O)[O-])c2)cc1. The summed E-state index contributed by atoms with van der Waals surface area (Å²) in [4.78, 5) is 25.9. The van der Waals surface area contributed by atoms with Crippen LogP contribution in [0.3, 0.4) is 0 Å². The Morgan fingerprint density at radius 2 is 2.06 bits per heavy atom. The van der Waals surface area contributed by atoms with Gasteiger partial charge < -0.3 is 10.1 Å². The third-order valence-corrected chi connectivity index (χ3v) is 5.19. The number of nitrogens with zero attached hydrogens (tertiary/aromatic N) is 3. The smallest absolute Gasteiger partial charge is 0.306 e. The van der Waals surface area contributed by atoms with Crippen LogP contribution in [0.25, 0.3) is 6.08 Å². The van der Waals surface area contributed by atoms with Crippen LogP contribution in [-0.4, -0.2) is 28.4 Å². The highest BCUT2D eigenvalue weighted by Gasteiger charge is 2.18. The van der Waals surface area contributed by atoms with E-state index in [4.69, 9.17) is 4.74 Å². The first kappa shape index (κ1) is 20.2. The summed E-state index contributed by atoms with van der Waals surface area (Å²) < 4.78 is 5.44. The van der Waals surface area contributed by atoms with Gasteiger partial charge in [0.25, 0.3) is 5.69 Å². The number of benzene rings is 2. The van der Waals surface area contributed by atoms with Crippen LogP contribution < -0.4 is 14.9 Å². The Bertz CT molecular complexity index is 1270. The van der Waals surface area contributed by atoms with Crippen molar-refractivity contribution in [3.8, 4) is 5.75 Å². The standard InChI is InChI=1S/C21H17N5O4S/c1-2-30-17-8-6-15(7-9-17)23-20-18(31-21(27)24-20)11-14-12-22-25-19(14)13-4-3-5-16(10-13)26(28)29/h3-12,23H,2H2,1H3,(H,24,27)/b14-11+. The molecule has 0 spiro atoms. The Labute approximate surface area is 180 Å². The number of anilines is 2. The molecule has 0 aliphatic carbocycles.